The van der Waals surface area contributed by atoms with Gasteiger partial charge in [0.05, 0.1) is 12.4 Å². The quantitative estimate of drug-likeness (QED) is 0.625. The van der Waals surface area contributed by atoms with Crippen molar-refractivity contribution in [2.45, 2.75) is 11.9 Å². The highest BCUT2D eigenvalue weighted by Crippen LogP contribution is 2.24. The summed E-state index contributed by atoms with van der Waals surface area (Å²) in [5.74, 6) is 0.0822. The van der Waals surface area contributed by atoms with Gasteiger partial charge in [-0.05, 0) is 35.0 Å². The van der Waals surface area contributed by atoms with Crippen LogP contribution in [0.5, 0.6) is 0 Å². The lowest BCUT2D eigenvalue weighted by Crippen LogP contribution is -2.06. The number of nitrogens with zero attached hydrogens (tertiary/aromatic N) is 1. The number of halogens is 1. The molecule has 0 radical (unpaired) electrons. The van der Waals surface area contributed by atoms with E-state index in [1.807, 2.05) is 12.1 Å². The van der Waals surface area contributed by atoms with Gasteiger partial charge < -0.3 is 4.74 Å². The molecule has 0 fully saturated rings. The van der Waals surface area contributed by atoms with E-state index in [0.717, 1.165) is 9.50 Å². The average Bonchev–Trinajstić information content (AvgIpc) is 2.17. The Bertz CT molecular complexity index is 319. The van der Waals surface area contributed by atoms with E-state index in [1.165, 1.54) is 11.8 Å². The molecule has 76 valence electrons. The third-order valence-electron chi connectivity index (χ3n) is 1.36. The van der Waals surface area contributed by atoms with Crippen molar-refractivity contribution in [1.29, 1.82) is 0 Å². The summed E-state index contributed by atoms with van der Waals surface area (Å²) in [5, 5.41) is 0.806. The van der Waals surface area contributed by atoms with E-state index in [-0.39, 0.29) is 5.97 Å². The Labute approximate surface area is 95.4 Å². The molecule has 0 aliphatic heterocycles. The van der Waals surface area contributed by atoms with Crippen LogP contribution in [0.25, 0.3) is 0 Å². The summed E-state index contributed by atoms with van der Waals surface area (Å²) < 4.78 is 5.70. The SMILES string of the molecule is CCOC(=O)CSc1ncccc1Br. The van der Waals surface area contributed by atoms with Crippen LogP contribution in [0.3, 0.4) is 0 Å². The molecular weight excluding hydrogens is 266 g/mol. The van der Waals surface area contributed by atoms with Crippen LogP contribution in [0, 0.1) is 0 Å². The van der Waals surface area contributed by atoms with E-state index in [0.29, 0.717) is 12.4 Å². The maximum absolute atomic E-state index is 11.0. The number of carbonyl (C=O) groups is 1. The number of carbonyl (C=O) groups excluding carboxylic acids is 1. The van der Waals surface area contributed by atoms with Crippen molar-refractivity contribution in [1.82, 2.24) is 4.98 Å². The second-order valence-electron chi connectivity index (χ2n) is 2.38. The van der Waals surface area contributed by atoms with Crippen molar-refractivity contribution in [3.05, 3.63) is 22.8 Å². The highest BCUT2D eigenvalue weighted by Gasteiger charge is 2.06. The van der Waals surface area contributed by atoms with Gasteiger partial charge in [0.1, 0.15) is 5.03 Å². The summed E-state index contributed by atoms with van der Waals surface area (Å²) in [6.45, 7) is 2.21. The van der Waals surface area contributed by atoms with E-state index >= 15 is 0 Å². The molecule has 0 aliphatic rings. The normalized spacial score (nSPS) is 9.86. The van der Waals surface area contributed by atoms with Crippen molar-refractivity contribution >= 4 is 33.7 Å². The van der Waals surface area contributed by atoms with Crippen molar-refractivity contribution < 1.29 is 9.53 Å². The maximum atomic E-state index is 11.0. The number of ether oxygens (including phenoxy) is 1. The molecule has 3 nitrogen and oxygen atoms in total. The maximum Gasteiger partial charge on any atom is 0.316 e. The summed E-state index contributed by atoms with van der Waals surface area (Å²) in [6, 6.07) is 3.72. The lowest BCUT2D eigenvalue weighted by Gasteiger charge is -2.02. The fraction of sp³-hybridized carbons (Fsp3) is 0.333. The zero-order valence-electron chi connectivity index (χ0n) is 7.70. The van der Waals surface area contributed by atoms with E-state index in [9.17, 15) is 4.79 Å². The summed E-state index contributed by atoms with van der Waals surface area (Å²) in [7, 11) is 0. The predicted molar refractivity (Wildman–Crippen MR) is 59.3 cm³/mol. The van der Waals surface area contributed by atoms with Crippen LogP contribution in [0.2, 0.25) is 0 Å². The van der Waals surface area contributed by atoms with Crippen molar-refractivity contribution in [3.8, 4) is 0 Å². The highest BCUT2D eigenvalue weighted by molar-refractivity contribution is 9.10. The fourth-order valence-corrected chi connectivity index (χ4v) is 2.08. The molecule has 0 spiro atoms. The molecule has 14 heavy (non-hydrogen) atoms. The van der Waals surface area contributed by atoms with Gasteiger partial charge in [0.2, 0.25) is 0 Å². The Morgan fingerprint density at radius 3 is 3.14 bits per heavy atom. The van der Waals surface area contributed by atoms with Gasteiger partial charge in [0.25, 0.3) is 0 Å². The number of esters is 1. The predicted octanol–water partition coefficient (Wildman–Crippen LogP) is 2.50. The minimum atomic E-state index is -0.213. The Morgan fingerprint density at radius 2 is 2.50 bits per heavy atom. The van der Waals surface area contributed by atoms with Crippen LogP contribution in [0.1, 0.15) is 6.92 Å². The summed E-state index contributed by atoms with van der Waals surface area (Å²) in [4.78, 5) is 15.2. The first-order valence-corrected chi connectivity index (χ1v) is 5.91. The monoisotopic (exact) mass is 275 g/mol. The smallest absolute Gasteiger partial charge is 0.316 e. The zero-order valence-corrected chi connectivity index (χ0v) is 10.1. The van der Waals surface area contributed by atoms with Gasteiger partial charge in [-0.15, -0.1) is 0 Å². The fourth-order valence-electron chi connectivity index (χ4n) is 0.807. The first kappa shape index (κ1) is 11.5. The number of hydrogen-bond acceptors (Lipinski definition) is 4. The second-order valence-corrected chi connectivity index (χ2v) is 4.20. The van der Waals surface area contributed by atoms with Crippen LogP contribution in [0.15, 0.2) is 27.8 Å². The van der Waals surface area contributed by atoms with Crippen LogP contribution < -0.4 is 0 Å². The first-order valence-electron chi connectivity index (χ1n) is 4.13. The van der Waals surface area contributed by atoms with Crippen molar-refractivity contribution in [2.75, 3.05) is 12.4 Å². The molecule has 1 aromatic rings. The van der Waals surface area contributed by atoms with Crippen LogP contribution in [-0.2, 0) is 9.53 Å². The summed E-state index contributed by atoms with van der Waals surface area (Å²) in [6.07, 6.45) is 1.69. The summed E-state index contributed by atoms with van der Waals surface area (Å²) in [5.41, 5.74) is 0. The number of hydrogen-bond donors (Lipinski definition) is 0. The van der Waals surface area contributed by atoms with Gasteiger partial charge >= 0.3 is 5.97 Å². The topological polar surface area (TPSA) is 39.2 Å². The van der Waals surface area contributed by atoms with Gasteiger partial charge in [-0.1, -0.05) is 11.8 Å². The molecule has 1 aromatic heterocycles. The Balaban J connectivity index is 2.46. The Kier molecular flexibility index (Phi) is 4.97. The molecule has 0 atom stereocenters. The average molecular weight is 276 g/mol. The van der Waals surface area contributed by atoms with Gasteiger partial charge in [0.15, 0.2) is 0 Å². The number of thioether (sulfide) groups is 1. The number of aromatic nitrogens is 1. The van der Waals surface area contributed by atoms with Gasteiger partial charge in [-0.2, -0.15) is 0 Å². The molecule has 0 aliphatic carbocycles. The molecule has 0 bridgehead atoms. The third-order valence-corrected chi connectivity index (χ3v) is 3.24. The van der Waals surface area contributed by atoms with Crippen molar-refractivity contribution in [3.63, 3.8) is 0 Å². The highest BCUT2D eigenvalue weighted by atomic mass is 79.9. The second kappa shape index (κ2) is 6.03. The largest absolute Gasteiger partial charge is 0.465 e. The lowest BCUT2D eigenvalue weighted by molar-refractivity contribution is -0.139. The van der Waals surface area contributed by atoms with Gasteiger partial charge in [-0.25, -0.2) is 4.98 Å². The lowest BCUT2D eigenvalue weighted by atomic mass is 10.5. The molecule has 0 saturated heterocycles. The van der Waals surface area contributed by atoms with Crippen LogP contribution in [-0.4, -0.2) is 23.3 Å². The van der Waals surface area contributed by atoms with Crippen molar-refractivity contribution in [2.24, 2.45) is 0 Å². The van der Waals surface area contributed by atoms with Gasteiger partial charge in [-0.3, -0.25) is 4.79 Å². The van der Waals surface area contributed by atoms with E-state index < -0.39 is 0 Å². The minimum Gasteiger partial charge on any atom is -0.465 e. The summed E-state index contributed by atoms with van der Waals surface area (Å²) >= 11 is 4.71. The van der Waals surface area contributed by atoms with E-state index in [1.54, 1.807) is 13.1 Å². The molecule has 1 heterocycles. The van der Waals surface area contributed by atoms with E-state index in [2.05, 4.69) is 20.9 Å². The molecule has 0 saturated carbocycles. The zero-order chi connectivity index (χ0) is 10.4. The third kappa shape index (κ3) is 3.67. The molecule has 0 N–H and O–H groups in total. The molecule has 5 heteroatoms. The van der Waals surface area contributed by atoms with Crippen LogP contribution in [0.4, 0.5) is 0 Å². The molecule has 0 aromatic carbocycles. The molecule has 0 unspecified atom stereocenters. The number of pyridine rings is 1. The van der Waals surface area contributed by atoms with Crippen LogP contribution >= 0.6 is 27.7 Å². The van der Waals surface area contributed by atoms with Gasteiger partial charge in [0, 0.05) is 10.7 Å². The molecular formula is C9H10BrNO2S. The Hall–Kier alpha value is -0.550. The van der Waals surface area contributed by atoms with E-state index in [4.69, 9.17) is 4.74 Å². The Morgan fingerprint density at radius 1 is 1.71 bits per heavy atom. The molecule has 0 amide bonds. The molecule has 1 rings (SSSR count). The number of rotatable bonds is 4. The standard InChI is InChI=1S/C9H10BrNO2S/c1-2-13-8(12)6-14-9-7(10)4-3-5-11-9/h3-5H,2,6H2,1H3. The minimum absolute atomic E-state index is 0.213. The first-order chi connectivity index (χ1) is 6.74.